The molecule has 1 atom stereocenters. The highest BCUT2D eigenvalue weighted by atomic mass is 79.9. The molecular weight excluding hydrogens is 304 g/mol. The van der Waals surface area contributed by atoms with Crippen LogP contribution >= 0.6 is 15.9 Å². The van der Waals surface area contributed by atoms with Gasteiger partial charge >= 0.3 is 0 Å². The fraction of sp³-hybridized carbons (Fsp3) is 0.133. The quantitative estimate of drug-likeness (QED) is 0.851. The van der Waals surface area contributed by atoms with Crippen LogP contribution in [0.1, 0.15) is 28.9 Å². The van der Waals surface area contributed by atoms with Gasteiger partial charge in [-0.2, -0.15) is 0 Å². The van der Waals surface area contributed by atoms with Crippen molar-refractivity contribution in [3.05, 3.63) is 64.1 Å². The highest BCUT2D eigenvalue weighted by molar-refractivity contribution is 9.10. The van der Waals surface area contributed by atoms with Crippen molar-refractivity contribution in [1.82, 2.24) is 5.32 Å². The Labute approximate surface area is 121 Å². The van der Waals surface area contributed by atoms with Crippen molar-refractivity contribution >= 4 is 27.5 Å². The summed E-state index contributed by atoms with van der Waals surface area (Å²) in [4.78, 5) is 12.0. The first-order chi connectivity index (χ1) is 9.06. The zero-order valence-electron chi connectivity index (χ0n) is 10.6. The number of carbonyl (C=O) groups is 1. The topological polar surface area (TPSA) is 55.1 Å². The molecule has 19 heavy (non-hydrogen) atoms. The molecule has 2 rings (SSSR count). The van der Waals surface area contributed by atoms with E-state index >= 15 is 0 Å². The minimum absolute atomic E-state index is 0.0434. The number of carbonyl (C=O) groups excluding carboxylic acids is 1. The normalized spacial score (nSPS) is 11.9. The molecule has 0 radical (unpaired) electrons. The fourth-order valence-electron chi connectivity index (χ4n) is 1.75. The molecular formula is C15H15BrN2O. The van der Waals surface area contributed by atoms with E-state index in [0.717, 1.165) is 10.0 Å². The third kappa shape index (κ3) is 3.58. The SMILES string of the molecule is C[C@@H](NC(=O)c1ccc(N)cc1)c1ccc(Br)cc1. The number of anilines is 1. The molecule has 0 fully saturated rings. The maximum absolute atomic E-state index is 12.0. The molecule has 0 aliphatic heterocycles. The van der Waals surface area contributed by atoms with Crippen LogP contribution in [0.5, 0.6) is 0 Å². The van der Waals surface area contributed by atoms with Crippen LogP contribution < -0.4 is 11.1 Å². The van der Waals surface area contributed by atoms with Crippen molar-refractivity contribution in [2.24, 2.45) is 0 Å². The average molecular weight is 319 g/mol. The monoisotopic (exact) mass is 318 g/mol. The summed E-state index contributed by atoms with van der Waals surface area (Å²) in [5.41, 5.74) is 7.92. The largest absolute Gasteiger partial charge is 0.399 e. The second-order valence-corrected chi connectivity index (χ2v) is 5.28. The Morgan fingerprint density at radius 2 is 1.68 bits per heavy atom. The third-order valence-electron chi connectivity index (χ3n) is 2.89. The van der Waals surface area contributed by atoms with Crippen molar-refractivity contribution in [2.75, 3.05) is 5.73 Å². The molecule has 0 aliphatic rings. The van der Waals surface area contributed by atoms with Gasteiger partial charge < -0.3 is 11.1 Å². The summed E-state index contributed by atoms with van der Waals surface area (Å²) in [5.74, 6) is -0.101. The van der Waals surface area contributed by atoms with Gasteiger partial charge in [0.2, 0.25) is 0 Å². The smallest absolute Gasteiger partial charge is 0.251 e. The maximum atomic E-state index is 12.0. The molecule has 98 valence electrons. The lowest BCUT2D eigenvalue weighted by Crippen LogP contribution is -2.26. The summed E-state index contributed by atoms with van der Waals surface area (Å²) < 4.78 is 1.02. The van der Waals surface area contributed by atoms with Crippen molar-refractivity contribution in [1.29, 1.82) is 0 Å². The molecule has 3 nitrogen and oxygen atoms in total. The molecule has 0 bridgehead atoms. The molecule has 4 heteroatoms. The summed E-state index contributed by atoms with van der Waals surface area (Å²) in [6.45, 7) is 1.96. The number of amides is 1. The third-order valence-corrected chi connectivity index (χ3v) is 3.42. The van der Waals surface area contributed by atoms with Crippen LogP contribution in [0.3, 0.4) is 0 Å². The number of nitrogens with two attached hydrogens (primary N) is 1. The van der Waals surface area contributed by atoms with Crippen molar-refractivity contribution in [2.45, 2.75) is 13.0 Å². The molecule has 2 aromatic rings. The number of nitrogens with one attached hydrogen (secondary N) is 1. The van der Waals surface area contributed by atoms with E-state index in [2.05, 4.69) is 21.2 Å². The number of nitrogen functional groups attached to an aromatic ring is 1. The summed E-state index contributed by atoms with van der Waals surface area (Å²) in [6, 6.07) is 14.7. The van der Waals surface area contributed by atoms with E-state index in [1.807, 2.05) is 31.2 Å². The molecule has 0 aliphatic carbocycles. The fourth-order valence-corrected chi connectivity index (χ4v) is 2.01. The first-order valence-corrected chi connectivity index (χ1v) is 6.77. The molecule has 0 unspecified atom stereocenters. The predicted octanol–water partition coefficient (Wildman–Crippen LogP) is 3.52. The van der Waals surface area contributed by atoms with Crippen LogP contribution in [-0.4, -0.2) is 5.91 Å². The molecule has 1 amide bonds. The zero-order valence-corrected chi connectivity index (χ0v) is 12.1. The van der Waals surface area contributed by atoms with Crippen LogP contribution in [-0.2, 0) is 0 Å². The van der Waals surface area contributed by atoms with E-state index in [1.54, 1.807) is 24.3 Å². The molecule has 0 aromatic heterocycles. The predicted molar refractivity (Wildman–Crippen MR) is 80.9 cm³/mol. The van der Waals surface area contributed by atoms with E-state index in [4.69, 9.17) is 5.73 Å². The van der Waals surface area contributed by atoms with Gasteiger partial charge in [0.15, 0.2) is 0 Å². The van der Waals surface area contributed by atoms with Gasteiger partial charge in [0.1, 0.15) is 0 Å². The number of benzene rings is 2. The van der Waals surface area contributed by atoms with Crippen LogP contribution in [0, 0.1) is 0 Å². The maximum Gasteiger partial charge on any atom is 0.251 e. The lowest BCUT2D eigenvalue weighted by Gasteiger charge is -2.14. The molecule has 0 spiro atoms. The zero-order chi connectivity index (χ0) is 13.8. The van der Waals surface area contributed by atoms with Gasteiger partial charge in [-0.15, -0.1) is 0 Å². The Balaban J connectivity index is 2.06. The van der Waals surface area contributed by atoms with Crippen LogP contribution in [0.15, 0.2) is 53.0 Å². The van der Waals surface area contributed by atoms with Crippen molar-refractivity contribution < 1.29 is 4.79 Å². The van der Waals surface area contributed by atoms with Gasteiger partial charge in [0.25, 0.3) is 5.91 Å². The van der Waals surface area contributed by atoms with Crippen LogP contribution in [0.4, 0.5) is 5.69 Å². The van der Waals surface area contributed by atoms with E-state index in [1.165, 1.54) is 0 Å². The van der Waals surface area contributed by atoms with Crippen molar-refractivity contribution in [3.8, 4) is 0 Å². The van der Waals surface area contributed by atoms with Gasteiger partial charge in [-0.05, 0) is 48.9 Å². The number of hydrogen-bond donors (Lipinski definition) is 2. The molecule has 0 saturated heterocycles. The highest BCUT2D eigenvalue weighted by Gasteiger charge is 2.11. The molecule has 3 N–H and O–H groups in total. The van der Waals surface area contributed by atoms with E-state index in [9.17, 15) is 4.79 Å². The number of rotatable bonds is 3. The number of halogens is 1. The highest BCUT2D eigenvalue weighted by Crippen LogP contribution is 2.17. The van der Waals surface area contributed by atoms with Crippen LogP contribution in [0.25, 0.3) is 0 Å². The van der Waals surface area contributed by atoms with Gasteiger partial charge in [-0.25, -0.2) is 0 Å². The van der Waals surface area contributed by atoms with Crippen LogP contribution in [0.2, 0.25) is 0 Å². The summed E-state index contributed by atoms with van der Waals surface area (Å²) >= 11 is 3.39. The lowest BCUT2D eigenvalue weighted by atomic mass is 10.1. The summed E-state index contributed by atoms with van der Waals surface area (Å²) in [7, 11) is 0. The van der Waals surface area contributed by atoms with Gasteiger partial charge in [0, 0.05) is 15.7 Å². The van der Waals surface area contributed by atoms with Gasteiger partial charge in [-0.1, -0.05) is 28.1 Å². The Morgan fingerprint density at radius 1 is 1.11 bits per heavy atom. The Bertz CT molecular complexity index is 564. The summed E-state index contributed by atoms with van der Waals surface area (Å²) in [5, 5.41) is 2.96. The molecule has 2 aromatic carbocycles. The second kappa shape index (κ2) is 5.89. The lowest BCUT2D eigenvalue weighted by molar-refractivity contribution is 0.0940. The Kier molecular flexibility index (Phi) is 4.22. The van der Waals surface area contributed by atoms with E-state index in [0.29, 0.717) is 11.3 Å². The van der Waals surface area contributed by atoms with E-state index in [-0.39, 0.29) is 11.9 Å². The minimum atomic E-state index is -0.101. The summed E-state index contributed by atoms with van der Waals surface area (Å²) in [6.07, 6.45) is 0. The molecule has 0 heterocycles. The Morgan fingerprint density at radius 3 is 2.26 bits per heavy atom. The average Bonchev–Trinajstić information content (AvgIpc) is 2.40. The Hall–Kier alpha value is -1.81. The van der Waals surface area contributed by atoms with Gasteiger partial charge in [0.05, 0.1) is 6.04 Å². The molecule has 0 saturated carbocycles. The van der Waals surface area contributed by atoms with E-state index < -0.39 is 0 Å². The van der Waals surface area contributed by atoms with Gasteiger partial charge in [-0.3, -0.25) is 4.79 Å². The minimum Gasteiger partial charge on any atom is -0.399 e. The number of hydrogen-bond acceptors (Lipinski definition) is 2. The first-order valence-electron chi connectivity index (χ1n) is 5.98. The standard InChI is InChI=1S/C15H15BrN2O/c1-10(11-2-6-13(16)7-3-11)18-15(19)12-4-8-14(17)9-5-12/h2-10H,17H2,1H3,(H,18,19)/t10-/m1/s1. The second-order valence-electron chi connectivity index (χ2n) is 4.37. The first kappa shape index (κ1) is 13.6. The van der Waals surface area contributed by atoms with Crippen molar-refractivity contribution in [3.63, 3.8) is 0 Å².